The second-order valence-corrected chi connectivity index (χ2v) is 13.3. The topological polar surface area (TPSA) is 175 Å². The van der Waals surface area contributed by atoms with Crippen LogP contribution in [0.3, 0.4) is 0 Å². The second-order valence-electron chi connectivity index (χ2n) is 13.3. The molecular weight excluding hydrogens is 542 g/mol. The number of nitrogens with one attached hydrogen (secondary N) is 1. The minimum atomic E-state index is -1.71. The first-order valence-electron chi connectivity index (χ1n) is 14.9. The van der Waals surface area contributed by atoms with E-state index in [0.29, 0.717) is 24.2 Å². The van der Waals surface area contributed by atoms with Crippen LogP contribution in [0.1, 0.15) is 83.8 Å². The molecule has 230 valence electrons. The van der Waals surface area contributed by atoms with Crippen LogP contribution in [0.4, 0.5) is 5.69 Å². The van der Waals surface area contributed by atoms with Gasteiger partial charge in [-0.1, -0.05) is 36.7 Å². The number of hydrogen-bond donors (Lipinski definition) is 5. The Labute approximate surface area is 245 Å². The van der Waals surface area contributed by atoms with Crippen molar-refractivity contribution in [1.29, 1.82) is 0 Å². The number of carboxylic acids is 1. The van der Waals surface area contributed by atoms with Crippen molar-refractivity contribution in [2.45, 2.75) is 89.9 Å². The molecule has 0 spiro atoms. The van der Waals surface area contributed by atoms with Crippen LogP contribution in [0.25, 0.3) is 0 Å². The maximum atomic E-state index is 12.5. The normalized spacial score (nSPS) is 36.1. The molecule has 5 N–H and O–H groups in total. The summed E-state index contributed by atoms with van der Waals surface area (Å²) in [6.07, 6.45) is 8.28. The summed E-state index contributed by atoms with van der Waals surface area (Å²) in [6, 6.07) is 3.45. The molecule has 3 saturated carbocycles. The van der Waals surface area contributed by atoms with E-state index in [0.717, 1.165) is 56.7 Å². The van der Waals surface area contributed by atoms with Gasteiger partial charge in [-0.3, -0.25) is 10.0 Å². The highest BCUT2D eigenvalue weighted by atomic mass is 16.8. The second kappa shape index (κ2) is 11.3. The quantitative estimate of drug-likeness (QED) is 0.282. The fourth-order valence-electron chi connectivity index (χ4n) is 8.57. The lowest BCUT2D eigenvalue weighted by Gasteiger charge is -2.59. The van der Waals surface area contributed by atoms with Crippen molar-refractivity contribution in [3.05, 3.63) is 46.7 Å². The largest absolute Gasteiger partial charge is 0.733 e. The number of nitrogens with zero attached hydrogens (tertiary/aromatic N) is 2. The van der Waals surface area contributed by atoms with Crippen molar-refractivity contribution in [1.82, 2.24) is 5.32 Å². The van der Waals surface area contributed by atoms with E-state index in [1.165, 1.54) is 23.8 Å². The molecule has 8 atom stereocenters. The van der Waals surface area contributed by atoms with Crippen LogP contribution in [0.15, 0.2) is 41.1 Å². The summed E-state index contributed by atoms with van der Waals surface area (Å²) in [6.45, 7) is 6.16. The molecule has 0 heterocycles. The van der Waals surface area contributed by atoms with Gasteiger partial charge in [0, 0.05) is 0 Å². The molecule has 1 aromatic carbocycles. The number of fused-ring (bicyclic) bond motifs is 5. The lowest BCUT2D eigenvalue weighted by molar-refractivity contribution is -0.146. The van der Waals surface area contributed by atoms with Crippen LogP contribution in [0.2, 0.25) is 0 Å². The van der Waals surface area contributed by atoms with Crippen molar-refractivity contribution in [2.24, 2.45) is 33.7 Å². The Morgan fingerprint density at radius 2 is 1.88 bits per heavy atom. The van der Waals surface area contributed by atoms with E-state index in [-0.39, 0.29) is 22.1 Å². The molecule has 0 radical (unpaired) electrons. The third-order valence-electron chi connectivity index (χ3n) is 11.2. The van der Waals surface area contributed by atoms with E-state index < -0.39 is 41.5 Å². The summed E-state index contributed by atoms with van der Waals surface area (Å²) in [4.78, 5) is 29.6. The van der Waals surface area contributed by atoms with Gasteiger partial charge in [-0.2, -0.15) is 0 Å². The summed E-state index contributed by atoms with van der Waals surface area (Å²) in [5, 5.41) is 57.5. The highest BCUT2D eigenvalue weighted by Gasteiger charge is 2.62. The fraction of sp³-hybridized carbons (Fsp3) is 0.645. The summed E-state index contributed by atoms with van der Waals surface area (Å²) in [5.41, 5.74) is 1.42. The molecule has 11 heteroatoms. The summed E-state index contributed by atoms with van der Waals surface area (Å²) >= 11 is 0. The zero-order chi connectivity index (χ0) is 30.4. The Morgan fingerprint density at radius 3 is 2.60 bits per heavy atom. The highest BCUT2D eigenvalue weighted by molar-refractivity contribution is 5.96. The number of aliphatic hydroxyl groups is 2. The fourth-order valence-corrected chi connectivity index (χ4v) is 8.57. The van der Waals surface area contributed by atoms with Gasteiger partial charge in [0.15, 0.2) is 12.6 Å². The first-order chi connectivity index (χ1) is 19.8. The lowest BCUT2D eigenvalue weighted by Crippen LogP contribution is -2.53. The van der Waals surface area contributed by atoms with Gasteiger partial charge in [-0.25, -0.2) is 4.79 Å². The first kappa shape index (κ1) is 30.5. The molecule has 42 heavy (non-hydrogen) atoms. The van der Waals surface area contributed by atoms with Gasteiger partial charge >= 0.3 is 5.97 Å². The van der Waals surface area contributed by atoms with Gasteiger partial charge in [0.1, 0.15) is 6.10 Å². The van der Waals surface area contributed by atoms with Crippen molar-refractivity contribution in [3.63, 3.8) is 0 Å². The number of amides is 1. The maximum absolute atomic E-state index is 12.5. The maximum Gasteiger partial charge on any atom is 0.329 e. The SMILES string of the molecule is C[C@]12CCC(=NOCC(=O)N[C@@H](C(=O)O)[C@@H](O)c3cccc(N([O-])O)c3)C=C1CC[C@@H]1[C@H]3CC[C@](C)(O)[C@]3(C)CC[C@@H]12. The summed E-state index contributed by atoms with van der Waals surface area (Å²) in [5.74, 6) is -0.518. The molecular formula is C31H42N3O8-. The lowest BCUT2D eigenvalue weighted by atomic mass is 9.46. The average Bonchev–Trinajstić information content (AvgIpc) is 3.19. The smallest absolute Gasteiger partial charge is 0.329 e. The number of anilines is 1. The number of oxime groups is 1. The third kappa shape index (κ3) is 5.32. The van der Waals surface area contributed by atoms with Gasteiger partial charge in [0.05, 0.1) is 17.0 Å². The van der Waals surface area contributed by atoms with E-state index in [9.17, 15) is 30.1 Å². The molecule has 4 aliphatic carbocycles. The van der Waals surface area contributed by atoms with E-state index >= 15 is 0 Å². The Kier molecular flexibility index (Phi) is 8.17. The Morgan fingerprint density at radius 1 is 1.14 bits per heavy atom. The van der Waals surface area contributed by atoms with Crippen LogP contribution in [-0.4, -0.2) is 56.4 Å². The molecule has 0 saturated heterocycles. The van der Waals surface area contributed by atoms with Crippen molar-refractivity contribution < 1.29 is 35.0 Å². The molecule has 1 amide bonds. The zero-order valence-electron chi connectivity index (χ0n) is 24.5. The standard InChI is InChI=1S/C31H42N3O8/c1-29-12-9-20(16-19(29)7-8-22-23(29)10-13-30(2)24(22)11-14-31(30,3)39)33-42-17-25(35)32-26(28(37)38)27(36)18-5-4-6-21(15-18)34(40)41/h4-6,15-16,22-24,26-27,36,39-40H,7-14,17H2,1-3H3,(H,32,35)(H,37,38)/q-1/t22-,23-,24+,26+,27-,29-,30+,31-/m0/s1. The predicted molar refractivity (Wildman–Crippen MR) is 154 cm³/mol. The number of aliphatic carboxylic acids is 1. The third-order valence-corrected chi connectivity index (χ3v) is 11.2. The Balaban J connectivity index is 1.20. The molecule has 0 bridgehead atoms. The van der Waals surface area contributed by atoms with Gasteiger partial charge < -0.3 is 35.9 Å². The van der Waals surface area contributed by atoms with Gasteiger partial charge in [-0.15, -0.1) is 0 Å². The number of allylic oxidation sites excluding steroid dienone is 2. The van der Waals surface area contributed by atoms with E-state index in [1.807, 2.05) is 6.92 Å². The summed E-state index contributed by atoms with van der Waals surface area (Å²) in [7, 11) is 0. The highest BCUT2D eigenvalue weighted by Crippen LogP contribution is 2.67. The van der Waals surface area contributed by atoms with E-state index in [4.69, 9.17) is 10.0 Å². The minimum absolute atomic E-state index is 0.0152. The predicted octanol–water partition coefficient (Wildman–Crippen LogP) is 4.07. The number of hydrogen-bond acceptors (Lipinski definition) is 9. The number of aliphatic hydroxyl groups excluding tert-OH is 1. The number of carbonyl (C=O) groups is 2. The Hall–Kier alpha value is -2.99. The molecule has 0 aromatic heterocycles. The average molecular weight is 585 g/mol. The summed E-state index contributed by atoms with van der Waals surface area (Å²) < 4.78 is 0. The minimum Gasteiger partial charge on any atom is -0.733 e. The van der Waals surface area contributed by atoms with Crippen molar-refractivity contribution in [2.75, 3.05) is 11.8 Å². The molecule has 0 aliphatic heterocycles. The van der Waals surface area contributed by atoms with Gasteiger partial charge in [0.25, 0.3) is 5.91 Å². The zero-order valence-corrected chi connectivity index (χ0v) is 24.5. The molecule has 0 unspecified atom stereocenters. The van der Waals surface area contributed by atoms with Gasteiger partial charge in [0.2, 0.25) is 0 Å². The molecule has 11 nitrogen and oxygen atoms in total. The van der Waals surface area contributed by atoms with E-state index in [2.05, 4.69) is 30.4 Å². The van der Waals surface area contributed by atoms with Crippen molar-refractivity contribution >= 4 is 23.3 Å². The van der Waals surface area contributed by atoms with Crippen LogP contribution in [-0.2, 0) is 14.4 Å². The van der Waals surface area contributed by atoms with Crippen LogP contribution >= 0.6 is 0 Å². The van der Waals surface area contributed by atoms with Crippen LogP contribution < -0.4 is 10.5 Å². The monoisotopic (exact) mass is 584 g/mol. The molecule has 3 fully saturated rings. The number of benzene rings is 1. The number of carboxylic acid groups (broad SMARTS) is 1. The Bertz CT molecular complexity index is 1280. The molecule has 4 aliphatic rings. The van der Waals surface area contributed by atoms with Crippen LogP contribution in [0, 0.1) is 33.8 Å². The molecule has 1 aromatic rings. The van der Waals surface area contributed by atoms with Crippen LogP contribution in [0.5, 0.6) is 0 Å². The van der Waals surface area contributed by atoms with Gasteiger partial charge in [-0.05, 0) is 111 Å². The van der Waals surface area contributed by atoms with E-state index in [1.54, 1.807) is 0 Å². The van der Waals surface area contributed by atoms with Crippen molar-refractivity contribution in [3.8, 4) is 0 Å². The number of carbonyl (C=O) groups excluding carboxylic acids is 1. The first-order valence-corrected chi connectivity index (χ1v) is 14.9. The number of rotatable bonds is 8. The molecule has 5 rings (SSSR count).